The van der Waals surface area contributed by atoms with Gasteiger partial charge in [-0.1, -0.05) is 6.92 Å². The van der Waals surface area contributed by atoms with E-state index in [2.05, 4.69) is 5.32 Å². The molecule has 0 radical (unpaired) electrons. The largest absolute Gasteiger partial charge is 0.453 e. The fourth-order valence-corrected chi connectivity index (χ4v) is 4.21. The van der Waals surface area contributed by atoms with Crippen molar-refractivity contribution in [3.05, 3.63) is 43.3 Å². The Hall–Kier alpha value is -1.99. The zero-order chi connectivity index (χ0) is 18.4. The second-order valence-electron chi connectivity index (χ2n) is 5.57. The van der Waals surface area contributed by atoms with Gasteiger partial charge in [-0.3, -0.25) is 9.59 Å². The minimum atomic E-state index is -0.455. The van der Waals surface area contributed by atoms with Crippen LogP contribution < -0.4 is 5.32 Å². The van der Waals surface area contributed by atoms with Gasteiger partial charge in [-0.2, -0.15) is 0 Å². The van der Waals surface area contributed by atoms with Gasteiger partial charge in [0.25, 0.3) is 0 Å². The lowest BCUT2D eigenvalue weighted by Crippen LogP contribution is -2.22. The number of ketones is 1. The van der Waals surface area contributed by atoms with Crippen molar-refractivity contribution < 1.29 is 19.1 Å². The van der Waals surface area contributed by atoms with E-state index in [4.69, 9.17) is 4.74 Å². The Kier molecular flexibility index (Phi) is 6.90. The van der Waals surface area contributed by atoms with Crippen LogP contribution in [-0.4, -0.2) is 30.8 Å². The first kappa shape index (κ1) is 19.3. The van der Waals surface area contributed by atoms with E-state index in [-0.39, 0.29) is 18.3 Å². The van der Waals surface area contributed by atoms with Crippen molar-refractivity contribution in [3.63, 3.8) is 0 Å². The minimum Gasteiger partial charge on any atom is -0.453 e. The van der Waals surface area contributed by atoms with Gasteiger partial charge in [-0.05, 0) is 43.5 Å². The van der Waals surface area contributed by atoms with E-state index in [0.29, 0.717) is 22.7 Å². The molecule has 2 aromatic heterocycles. The van der Waals surface area contributed by atoms with Crippen LogP contribution in [-0.2, 0) is 22.4 Å². The van der Waals surface area contributed by atoms with Crippen molar-refractivity contribution in [2.24, 2.45) is 0 Å². The molecule has 1 N–H and O–H groups in total. The van der Waals surface area contributed by atoms with Crippen LogP contribution in [0.1, 0.15) is 48.5 Å². The first-order valence-electron chi connectivity index (χ1n) is 8.03. The molecule has 25 heavy (non-hydrogen) atoms. The van der Waals surface area contributed by atoms with Crippen molar-refractivity contribution in [1.29, 1.82) is 0 Å². The molecule has 0 aromatic carbocycles. The summed E-state index contributed by atoms with van der Waals surface area (Å²) in [6.45, 7) is 5.75. The van der Waals surface area contributed by atoms with Crippen LogP contribution in [0.3, 0.4) is 0 Å². The second kappa shape index (κ2) is 8.92. The molecule has 0 aliphatic carbocycles. The monoisotopic (exact) mass is 379 g/mol. The molecular formula is C18H21NO4S2. The van der Waals surface area contributed by atoms with Gasteiger partial charge in [0.1, 0.15) is 4.88 Å². The highest BCUT2D eigenvalue weighted by Gasteiger charge is 2.16. The summed E-state index contributed by atoms with van der Waals surface area (Å²) in [7, 11) is 0. The third-order valence-corrected chi connectivity index (χ3v) is 6.11. The molecule has 2 heterocycles. The molecule has 0 aliphatic heterocycles. The Morgan fingerprint density at radius 2 is 1.92 bits per heavy atom. The fraction of sp³-hybridized carbons (Fsp3) is 0.389. The zero-order valence-electron chi connectivity index (χ0n) is 14.5. The van der Waals surface area contributed by atoms with Crippen molar-refractivity contribution in [2.75, 3.05) is 13.2 Å². The molecule has 0 fully saturated rings. The zero-order valence-corrected chi connectivity index (χ0v) is 16.1. The molecule has 0 spiro atoms. The van der Waals surface area contributed by atoms with Crippen molar-refractivity contribution in [3.8, 4) is 0 Å². The third-order valence-electron chi connectivity index (χ3n) is 3.56. The van der Waals surface area contributed by atoms with Gasteiger partial charge in [0.15, 0.2) is 6.61 Å². The average Bonchev–Trinajstić information content (AvgIpc) is 3.18. The lowest BCUT2D eigenvalue weighted by Gasteiger charge is -2.01. The first-order chi connectivity index (χ1) is 11.9. The lowest BCUT2D eigenvalue weighted by atomic mass is 10.2. The number of Topliss-reactive ketones (excluding diaryl/α,β-unsaturated/α-hetero) is 1. The maximum absolute atomic E-state index is 12.2. The molecule has 2 rings (SSSR count). The van der Waals surface area contributed by atoms with Gasteiger partial charge in [-0.15, -0.1) is 22.7 Å². The standard InChI is InChI=1S/C18H21NO4S2/c1-4-15-11(2)9-17(25-15)18(22)23-10-14(21)16-6-5-13(24-16)7-8-19-12(3)20/h5-6,9H,4,7-8,10H2,1-3H3,(H,19,20). The Balaban J connectivity index is 1.86. The van der Waals surface area contributed by atoms with Gasteiger partial charge in [0.2, 0.25) is 11.7 Å². The predicted octanol–water partition coefficient (Wildman–Crippen LogP) is 3.40. The number of hydrogen-bond donors (Lipinski definition) is 1. The molecule has 134 valence electrons. The number of carbonyl (C=O) groups excluding carboxylic acids is 3. The van der Waals surface area contributed by atoms with E-state index >= 15 is 0 Å². The molecule has 1 amide bonds. The molecule has 0 bridgehead atoms. The normalized spacial score (nSPS) is 10.5. The average molecular weight is 380 g/mol. The SMILES string of the molecule is CCc1sc(C(=O)OCC(=O)c2ccc(CCNC(C)=O)s2)cc1C. The molecule has 7 heteroatoms. The Morgan fingerprint density at radius 1 is 1.16 bits per heavy atom. The van der Waals surface area contributed by atoms with Gasteiger partial charge >= 0.3 is 5.97 Å². The van der Waals surface area contributed by atoms with E-state index in [1.165, 1.54) is 29.6 Å². The van der Waals surface area contributed by atoms with Crippen molar-refractivity contribution in [1.82, 2.24) is 5.32 Å². The second-order valence-corrected chi connectivity index (χ2v) is 7.87. The van der Waals surface area contributed by atoms with E-state index in [0.717, 1.165) is 21.7 Å². The topological polar surface area (TPSA) is 72.5 Å². The van der Waals surface area contributed by atoms with Gasteiger partial charge < -0.3 is 10.1 Å². The summed E-state index contributed by atoms with van der Waals surface area (Å²) in [6.07, 6.45) is 1.55. The highest BCUT2D eigenvalue weighted by atomic mass is 32.1. The Labute approximate surface area is 155 Å². The molecule has 2 aromatic rings. The van der Waals surface area contributed by atoms with Crippen LogP contribution >= 0.6 is 22.7 Å². The quantitative estimate of drug-likeness (QED) is 0.564. The van der Waals surface area contributed by atoms with Gasteiger partial charge in [0, 0.05) is 23.2 Å². The summed E-state index contributed by atoms with van der Waals surface area (Å²) in [5.41, 5.74) is 1.08. The van der Waals surface area contributed by atoms with Crippen LogP contribution in [0.25, 0.3) is 0 Å². The molecule has 0 unspecified atom stereocenters. The number of amides is 1. The summed E-state index contributed by atoms with van der Waals surface area (Å²) < 4.78 is 5.15. The predicted molar refractivity (Wildman–Crippen MR) is 99.8 cm³/mol. The van der Waals surface area contributed by atoms with Crippen LogP contribution in [0.4, 0.5) is 0 Å². The number of thiophene rings is 2. The number of rotatable bonds is 8. The van der Waals surface area contributed by atoms with Crippen LogP contribution in [0.5, 0.6) is 0 Å². The van der Waals surface area contributed by atoms with E-state index in [9.17, 15) is 14.4 Å². The third kappa shape index (κ3) is 5.51. The lowest BCUT2D eigenvalue weighted by molar-refractivity contribution is -0.118. The molecule has 0 aliphatic rings. The summed E-state index contributed by atoms with van der Waals surface area (Å²) in [5.74, 6) is -0.744. The van der Waals surface area contributed by atoms with E-state index < -0.39 is 5.97 Å². The maximum Gasteiger partial charge on any atom is 0.348 e. The maximum atomic E-state index is 12.2. The summed E-state index contributed by atoms with van der Waals surface area (Å²) in [5, 5.41) is 2.72. The highest BCUT2D eigenvalue weighted by molar-refractivity contribution is 7.14. The first-order valence-corrected chi connectivity index (χ1v) is 9.66. The summed E-state index contributed by atoms with van der Waals surface area (Å²) in [6, 6.07) is 5.40. The van der Waals surface area contributed by atoms with E-state index in [1.54, 1.807) is 6.07 Å². The van der Waals surface area contributed by atoms with Crippen molar-refractivity contribution >= 4 is 40.3 Å². The van der Waals surface area contributed by atoms with Crippen LogP contribution in [0.2, 0.25) is 0 Å². The number of carbonyl (C=O) groups is 3. The van der Waals surface area contributed by atoms with E-state index in [1.807, 2.05) is 26.0 Å². The number of aryl methyl sites for hydroxylation is 2. The molecule has 0 saturated heterocycles. The van der Waals surface area contributed by atoms with Crippen LogP contribution in [0.15, 0.2) is 18.2 Å². The molecule has 5 nitrogen and oxygen atoms in total. The Morgan fingerprint density at radius 3 is 2.56 bits per heavy atom. The molecule has 0 atom stereocenters. The van der Waals surface area contributed by atoms with Gasteiger partial charge in [-0.25, -0.2) is 4.79 Å². The Bertz CT molecular complexity index is 776. The summed E-state index contributed by atoms with van der Waals surface area (Å²) >= 11 is 2.77. The fourth-order valence-electron chi connectivity index (χ4n) is 2.27. The summed E-state index contributed by atoms with van der Waals surface area (Å²) in [4.78, 5) is 38.3. The smallest absolute Gasteiger partial charge is 0.348 e. The number of ether oxygens (including phenoxy) is 1. The number of nitrogens with one attached hydrogen (secondary N) is 1. The number of esters is 1. The minimum absolute atomic E-state index is 0.0742. The van der Waals surface area contributed by atoms with Crippen molar-refractivity contribution in [2.45, 2.75) is 33.6 Å². The van der Waals surface area contributed by atoms with Crippen LogP contribution in [0, 0.1) is 6.92 Å². The highest BCUT2D eigenvalue weighted by Crippen LogP contribution is 2.23. The molecular weight excluding hydrogens is 358 g/mol. The van der Waals surface area contributed by atoms with Gasteiger partial charge in [0.05, 0.1) is 4.88 Å². The molecule has 0 saturated carbocycles. The number of hydrogen-bond acceptors (Lipinski definition) is 6.